The van der Waals surface area contributed by atoms with Crippen LogP contribution in [-0.2, 0) is 83.0 Å². The Balaban J connectivity index is 1.00. The molecule has 12 rings (SSSR count). The van der Waals surface area contributed by atoms with Crippen molar-refractivity contribution in [2.24, 2.45) is 0 Å². The highest BCUT2D eigenvalue weighted by molar-refractivity contribution is 6.74. The maximum absolute atomic E-state index is 15.5. The van der Waals surface area contributed by atoms with E-state index in [4.69, 9.17) is 66.0 Å². The normalized spacial score (nSPS) is 28.9. The summed E-state index contributed by atoms with van der Waals surface area (Å²) in [5, 5.41) is 12.8. The number of fused-ring (bicyclic) bond motifs is 2. The maximum atomic E-state index is 15.5. The van der Waals surface area contributed by atoms with Crippen molar-refractivity contribution in [3.8, 4) is 11.5 Å². The lowest BCUT2D eigenvalue weighted by Gasteiger charge is -2.53. The van der Waals surface area contributed by atoms with Crippen LogP contribution >= 0.6 is 0 Å². The average molecular weight is 1290 g/mol. The summed E-state index contributed by atoms with van der Waals surface area (Å²) >= 11 is 0. The summed E-state index contributed by atoms with van der Waals surface area (Å²) in [5.41, 5.74) is 4.62. The standard InChI is InChI=1S/C74H83NO17Si/c1-47-61(80-41-48-25-13-8-14-26-48)66(82-43-50-29-17-10-18-30-50)67(83-44-51-31-19-11-20-32-51)73(86-47)92-64-59(75-68(77)55-35-23-24-36-56(55)69(75)78)71(87-54-39-37-53(79-5)38-40-54)88-58(46-85-93(6,7)74(2,3)4)62(64)91-72-60(76)65(81-42-49-27-15-9-16-28-49)63-57(89-72)45-84-70(90-63)52-33-21-12-22-34-52/h8-40,47,57-67,70-73,76H,41-46H2,1-7H3/t47-,57-,58+,59+,60-,61+,62+,63+,64+,65-,66+,67-,70?,71+,72+,73-/m0/s1. The molecule has 4 fully saturated rings. The molecule has 18 nitrogen and oxygen atoms in total. The molecule has 490 valence electrons. The molecule has 0 bridgehead atoms. The van der Waals surface area contributed by atoms with Gasteiger partial charge in [-0.15, -0.1) is 0 Å². The van der Waals surface area contributed by atoms with Gasteiger partial charge >= 0.3 is 0 Å². The number of benzene rings is 7. The third-order valence-corrected chi connectivity index (χ3v) is 22.8. The Labute approximate surface area is 544 Å². The molecular weight excluding hydrogens is 1200 g/mol. The molecule has 4 saturated heterocycles. The van der Waals surface area contributed by atoms with Crippen LogP contribution in [0.3, 0.4) is 0 Å². The topological polar surface area (TPSA) is 187 Å². The van der Waals surface area contributed by atoms with Crippen LogP contribution in [0.1, 0.15) is 82.5 Å². The van der Waals surface area contributed by atoms with E-state index >= 15 is 9.59 Å². The van der Waals surface area contributed by atoms with Crippen molar-refractivity contribution < 1.29 is 80.7 Å². The third kappa shape index (κ3) is 15.2. The molecule has 93 heavy (non-hydrogen) atoms. The van der Waals surface area contributed by atoms with E-state index in [1.807, 2.05) is 159 Å². The number of imide groups is 1. The molecule has 0 radical (unpaired) electrons. The van der Waals surface area contributed by atoms with E-state index in [1.165, 1.54) is 0 Å². The molecule has 1 N–H and O–H groups in total. The number of ether oxygens (including phenoxy) is 13. The van der Waals surface area contributed by atoms with Crippen molar-refractivity contribution in [1.82, 2.24) is 4.90 Å². The predicted octanol–water partition coefficient (Wildman–Crippen LogP) is 11.5. The first-order valence-corrected chi connectivity index (χ1v) is 34.8. The highest BCUT2D eigenvalue weighted by Crippen LogP contribution is 2.44. The van der Waals surface area contributed by atoms with Crippen molar-refractivity contribution in [2.45, 2.75) is 171 Å². The molecule has 7 aromatic carbocycles. The van der Waals surface area contributed by atoms with Gasteiger partial charge in [-0.1, -0.05) is 185 Å². The monoisotopic (exact) mass is 1290 g/mol. The summed E-state index contributed by atoms with van der Waals surface area (Å²) in [4.78, 5) is 32.1. The summed E-state index contributed by atoms with van der Waals surface area (Å²) in [6.07, 6.45) is -17.3. The number of aliphatic hydroxyl groups is 1. The molecular formula is C74H83NO17Si. The predicted molar refractivity (Wildman–Crippen MR) is 345 cm³/mol. The fourth-order valence-electron chi connectivity index (χ4n) is 12.2. The number of carbonyl (C=O) groups is 2. The highest BCUT2D eigenvalue weighted by Gasteiger charge is 2.61. The van der Waals surface area contributed by atoms with E-state index < -0.39 is 118 Å². The molecule has 19 heteroatoms. The van der Waals surface area contributed by atoms with Crippen LogP contribution in [0.4, 0.5) is 0 Å². The zero-order chi connectivity index (χ0) is 64.6. The van der Waals surface area contributed by atoms with Crippen molar-refractivity contribution in [1.29, 1.82) is 0 Å². The SMILES string of the molecule is COc1ccc(O[C@@H]2O[C@H](CO[Si](C)(C)C(C)(C)C)[C@@H](O[C@H]3O[C@H]4COC(c5ccccc5)O[C@H]4[C@@H](OCc4ccccc4)[C@@H]3O)[C@H](O[C@@H]3O[C@@H](C)[C@@H](OCc4ccccc4)[C@@H](OCc4ccccc4)[C@@H]3OCc3ccccc3)[C@H]2N2C(=O)c3ccccc3C2=O)cc1. The van der Waals surface area contributed by atoms with Gasteiger partial charge in [-0.05, 0) is 83.7 Å². The van der Waals surface area contributed by atoms with Gasteiger partial charge < -0.3 is 71.1 Å². The minimum atomic E-state index is -2.68. The van der Waals surface area contributed by atoms with Gasteiger partial charge in [-0.3, -0.25) is 14.5 Å². The Morgan fingerprint density at radius 3 is 1.52 bits per heavy atom. The smallest absolute Gasteiger partial charge is 0.262 e. The summed E-state index contributed by atoms with van der Waals surface area (Å²) < 4.78 is 97.4. The van der Waals surface area contributed by atoms with Gasteiger partial charge in [0, 0.05) is 5.56 Å². The number of aliphatic hydroxyl groups excluding tert-OH is 1. The van der Waals surface area contributed by atoms with Gasteiger partial charge in [0.2, 0.25) is 6.29 Å². The van der Waals surface area contributed by atoms with Crippen LogP contribution in [0.2, 0.25) is 18.1 Å². The van der Waals surface area contributed by atoms with Crippen molar-refractivity contribution in [3.63, 3.8) is 0 Å². The average Bonchev–Trinajstić information content (AvgIpc) is 1.65. The lowest BCUT2D eigenvalue weighted by Crippen LogP contribution is -2.71. The summed E-state index contributed by atoms with van der Waals surface area (Å²) in [6, 6.07) is 60.5. The van der Waals surface area contributed by atoms with Crippen LogP contribution in [0.15, 0.2) is 200 Å². The Kier molecular flexibility index (Phi) is 21.1. The Hall–Kier alpha value is -7.02. The molecule has 2 amide bonds. The zero-order valence-electron chi connectivity index (χ0n) is 53.5. The second-order valence-corrected chi connectivity index (χ2v) is 30.4. The van der Waals surface area contributed by atoms with Gasteiger partial charge in [-0.2, -0.15) is 0 Å². The number of nitrogens with zero attached hydrogens (tertiary/aromatic N) is 1. The second kappa shape index (κ2) is 29.7. The lowest BCUT2D eigenvalue weighted by atomic mass is 9.93. The van der Waals surface area contributed by atoms with Gasteiger partial charge in [0.15, 0.2) is 27.2 Å². The first-order chi connectivity index (χ1) is 45.1. The number of amides is 2. The van der Waals surface area contributed by atoms with Gasteiger partial charge in [-0.25, -0.2) is 0 Å². The van der Waals surface area contributed by atoms with E-state index in [2.05, 4.69) is 33.9 Å². The van der Waals surface area contributed by atoms with Gasteiger partial charge in [0.1, 0.15) is 78.6 Å². The number of hydrogen-bond acceptors (Lipinski definition) is 17. The lowest BCUT2D eigenvalue weighted by molar-refractivity contribution is -0.395. The number of methoxy groups -OCH3 is 1. The van der Waals surface area contributed by atoms with Crippen LogP contribution in [0.5, 0.6) is 11.5 Å². The first-order valence-electron chi connectivity index (χ1n) is 31.9. The number of hydrogen-bond donors (Lipinski definition) is 1. The Morgan fingerprint density at radius 2 is 0.989 bits per heavy atom. The zero-order valence-corrected chi connectivity index (χ0v) is 54.5. The Bertz CT molecular complexity index is 3480. The van der Waals surface area contributed by atoms with E-state index in [0.29, 0.717) is 11.5 Å². The van der Waals surface area contributed by atoms with Crippen LogP contribution in [-0.4, -0.2) is 143 Å². The second-order valence-electron chi connectivity index (χ2n) is 25.6. The van der Waals surface area contributed by atoms with Crippen LogP contribution in [0.25, 0.3) is 0 Å². The summed E-state index contributed by atoms with van der Waals surface area (Å²) in [7, 11) is -1.12. The van der Waals surface area contributed by atoms with E-state index in [-0.39, 0.29) is 55.8 Å². The minimum Gasteiger partial charge on any atom is -0.497 e. The van der Waals surface area contributed by atoms with E-state index in [0.717, 1.165) is 32.7 Å². The largest absolute Gasteiger partial charge is 0.497 e. The van der Waals surface area contributed by atoms with Crippen molar-refractivity contribution >= 4 is 20.1 Å². The number of rotatable bonds is 24. The van der Waals surface area contributed by atoms with E-state index in [1.54, 1.807) is 55.6 Å². The van der Waals surface area contributed by atoms with Gasteiger partial charge in [0.05, 0.1) is 64.0 Å². The highest BCUT2D eigenvalue weighted by atomic mass is 28.4. The molecule has 1 unspecified atom stereocenters. The fourth-order valence-corrected chi connectivity index (χ4v) is 13.2. The van der Waals surface area contributed by atoms with E-state index in [9.17, 15) is 5.11 Å². The van der Waals surface area contributed by atoms with Gasteiger partial charge in [0.25, 0.3) is 11.8 Å². The van der Waals surface area contributed by atoms with Crippen LogP contribution < -0.4 is 9.47 Å². The van der Waals surface area contributed by atoms with Crippen molar-refractivity contribution in [3.05, 3.63) is 239 Å². The molecule has 0 aliphatic carbocycles. The molecule has 7 aromatic rings. The molecule has 0 saturated carbocycles. The number of carbonyl (C=O) groups excluding carboxylic acids is 2. The quantitative estimate of drug-likeness (QED) is 0.0444. The minimum absolute atomic E-state index is 0.0164. The molecule has 5 heterocycles. The summed E-state index contributed by atoms with van der Waals surface area (Å²) in [5.74, 6) is -0.409. The molecule has 0 aromatic heterocycles. The van der Waals surface area contributed by atoms with Crippen molar-refractivity contribution in [2.75, 3.05) is 20.3 Å². The fraction of sp³-hybridized carbons (Fsp3) is 0.405. The molecule has 16 atom stereocenters. The summed E-state index contributed by atoms with van der Waals surface area (Å²) in [6.45, 7) is 13.0. The van der Waals surface area contributed by atoms with Crippen LogP contribution in [0, 0.1) is 0 Å². The molecule has 5 aliphatic rings. The third-order valence-electron chi connectivity index (χ3n) is 18.3. The molecule has 0 spiro atoms. The molecule has 5 aliphatic heterocycles. The first kappa shape index (κ1) is 66.0. The maximum Gasteiger partial charge on any atom is 0.262 e. The Morgan fingerprint density at radius 1 is 0.516 bits per heavy atom.